The van der Waals surface area contributed by atoms with Crippen molar-refractivity contribution in [1.29, 1.82) is 0 Å². The molecule has 1 N–H and O–H groups in total. The highest BCUT2D eigenvalue weighted by Crippen LogP contribution is 2.35. The first-order valence-electron chi connectivity index (χ1n) is 6.28. The van der Waals surface area contributed by atoms with Crippen molar-refractivity contribution in [3.05, 3.63) is 42.2 Å². The zero-order valence-electron chi connectivity index (χ0n) is 11.3. The van der Waals surface area contributed by atoms with Gasteiger partial charge in [-0.2, -0.15) is 13.2 Å². The molecule has 0 aliphatic rings. The maximum Gasteiger partial charge on any atom is 0.417 e. The second kappa shape index (κ2) is 6.53. The molecule has 4 nitrogen and oxygen atoms in total. The number of aromatic nitrogens is 2. The first-order valence-corrected chi connectivity index (χ1v) is 6.28. The van der Waals surface area contributed by atoms with Gasteiger partial charge in [0.2, 0.25) is 0 Å². The minimum absolute atomic E-state index is 0.0175. The number of benzene rings is 1. The molecule has 0 saturated heterocycles. The molecular weight excluding hydrogens is 283 g/mol. The minimum Gasteiger partial charge on any atom is -0.489 e. The molecule has 0 fully saturated rings. The summed E-state index contributed by atoms with van der Waals surface area (Å²) in [5.74, 6) is 0.433. The largest absolute Gasteiger partial charge is 0.489 e. The van der Waals surface area contributed by atoms with Crippen LogP contribution in [0.5, 0.6) is 5.75 Å². The summed E-state index contributed by atoms with van der Waals surface area (Å²) in [7, 11) is 1.79. The Morgan fingerprint density at radius 1 is 1.14 bits per heavy atom. The lowest BCUT2D eigenvalue weighted by Gasteiger charge is -2.11. The van der Waals surface area contributed by atoms with Crippen LogP contribution >= 0.6 is 0 Å². The Hall–Kier alpha value is -2.15. The molecule has 7 heteroatoms. The van der Waals surface area contributed by atoms with Crippen LogP contribution in [-0.2, 0) is 6.18 Å². The second-order valence-corrected chi connectivity index (χ2v) is 4.24. The van der Waals surface area contributed by atoms with E-state index in [2.05, 4.69) is 15.3 Å². The summed E-state index contributed by atoms with van der Waals surface area (Å²) in [5.41, 5.74) is -0.805. The SMILES string of the molecule is CNCCOc1cnc(-c2ccccc2C(F)(F)F)nc1. The fourth-order valence-electron chi connectivity index (χ4n) is 1.73. The number of nitrogens with zero attached hydrogens (tertiary/aromatic N) is 2. The molecule has 0 aliphatic carbocycles. The average Bonchev–Trinajstić information content (AvgIpc) is 2.47. The van der Waals surface area contributed by atoms with E-state index in [-0.39, 0.29) is 11.4 Å². The molecular formula is C14H14F3N3O. The topological polar surface area (TPSA) is 47.0 Å². The van der Waals surface area contributed by atoms with E-state index in [9.17, 15) is 13.2 Å². The fourth-order valence-corrected chi connectivity index (χ4v) is 1.73. The number of alkyl halides is 3. The first kappa shape index (κ1) is 15.2. The van der Waals surface area contributed by atoms with E-state index in [1.807, 2.05) is 0 Å². The van der Waals surface area contributed by atoms with Gasteiger partial charge in [-0.3, -0.25) is 0 Å². The van der Waals surface area contributed by atoms with E-state index < -0.39 is 11.7 Å². The molecule has 0 radical (unpaired) electrons. The summed E-state index contributed by atoms with van der Waals surface area (Å²) in [6.07, 6.45) is -1.71. The minimum atomic E-state index is -4.44. The smallest absolute Gasteiger partial charge is 0.417 e. The Morgan fingerprint density at radius 3 is 2.43 bits per heavy atom. The van der Waals surface area contributed by atoms with Crippen molar-refractivity contribution in [1.82, 2.24) is 15.3 Å². The molecule has 1 aromatic carbocycles. The van der Waals surface area contributed by atoms with E-state index in [0.29, 0.717) is 18.9 Å². The van der Waals surface area contributed by atoms with Crippen LogP contribution in [0.2, 0.25) is 0 Å². The van der Waals surface area contributed by atoms with Crippen LogP contribution in [0.15, 0.2) is 36.7 Å². The van der Waals surface area contributed by atoms with E-state index in [1.165, 1.54) is 30.6 Å². The van der Waals surface area contributed by atoms with E-state index in [4.69, 9.17) is 4.74 Å². The lowest BCUT2D eigenvalue weighted by atomic mass is 10.1. The fraction of sp³-hybridized carbons (Fsp3) is 0.286. The number of hydrogen-bond donors (Lipinski definition) is 1. The molecule has 112 valence electrons. The highest BCUT2D eigenvalue weighted by molar-refractivity contribution is 5.61. The summed E-state index contributed by atoms with van der Waals surface area (Å²) in [5, 5.41) is 2.91. The van der Waals surface area contributed by atoms with Crippen LogP contribution in [0.4, 0.5) is 13.2 Å². The molecule has 0 atom stereocenters. The Morgan fingerprint density at radius 2 is 1.81 bits per heavy atom. The van der Waals surface area contributed by atoms with Gasteiger partial charge in [0.05, 0.1) is 18.0 Å². The normalized spacial score (nSPS) is 11.4. The van der Waals surface area contributed by atoms with Crippen LogP contribution < -0.4 is 10.1 Å². The van der Waals surface area contributed by atoms with Gasteiger partial charge < -0.3 is 10.1 Å². The Bertz CT molecular complexity index is 585. The third-order valence-corrected chi connectivity index (χ3v) is 2.72. The van der Waals surface area contributed by atoms with Gasteiger partial charge in [0.1, 0.15) is 6.61 Å². The lowest BCUT2D eigenvalue weighted by molar-refractivity contribution is -0.137. The van der Waals surface area contributed by atoms with Crippen LogP contribution in [0.1, 0.15) is 5.56 Å². The van der Waals surface area contributed by atoms with Crippen molar-refractivity contribution in [2.45, 2.75) is 6.18 Å². The Balaban J connectivity index is 2.23. The number of halogens is 3. The first-order chi connectivity index (χ1) is 10.0. The Kier molecular flexibility index (Phi) is 4.74. The van der Waals surface area contributed by atoms with Crippen LogP contribution in [0, 0.1) is 0 Å². The zero-order valence-corrected chi connectivity index (χ0v) is 11.3. The van der Waals surface area contributed by atoms with Gasteiger partial charge in [0, 0.05) is 12.1 Å². The molecule has 0 amide bonds. The maximum absolute atomic E-state index is 12.9. The molecule has 21 heavy (non-hydrogen) atoms. The van der Waals surface area contributed by atoms with Crippen molar-refractivity contribution >= 4 is 0 Å². The van der Waals surface area contributed by atoms with Crippen LogP contribution in [-0.4, -0.2) is 30.2 Å². The number of nitrogens with one attached hydrogen (secondary N) is 1. The van der Waals surface area contributed by atoms with Gasteiger partial charge in [-0.25, -0.2) is 9.97 Å². The van der Waals surface area contributed by atoms with Gasteiger partial charge >= 0.3 is 6.18 Å². The van der Waals surface area contributed by atoms with Gasteiger partial charge in [-0.05, 0) is 13.1 Å². The van der Waals surface area contributed by atoms with E-state index in [0.717, 1.165) is 6.07 Å². The highest BCUT2D eigenvalue weighted by atomic mass is 19.4. The summed E-state index contributed by atoms with van der Waals surface area (Å²) in [6.45, 7) is 1.08. The summed E-state index contributed by atoms with van der Waals surface area (Å²) < 4.78 is 44.1. The van der Waals surface area contributed by atoms with E-state index >= 15 is 0 Å². The summed E-state index contributed by atoms with van der Waals surface area (Å²) in [4.78, 5) is 7.89. The molecule has 0 bridgehead atoms. The molecule has 2 aromatic rings. The summed E-state index contributed by atoms with van der Waals surface area (Å²) >= 11 is 0. The standard InChI is InChI=1S/C14H14F3N3O/c1-18-6-7-21-10-8-19-13(20-9-10)11-4-2-3-5-12(11)14(15,16)17/h2-5,8-9,18H,6-7H2,1H3. The monoisotopic (exact) mass is 297 g/mol. The third kappa shape index (κ3) is 3.91. The second-order valence-electron chi connectivity index (χ2n) is 4.24. The molecule has 1 aromatic heterocycles. The molecule has 0 unspecified atom stereocenters. The number of ether oxygens (including phenoxy) is 1. The number of hydrogen-bond acceptors (Lipinski definition) is 4. The number of likely N-dealkylation sites (N-methyl/N-ethyl adjacent to an activating group) is 1. The van der Waals surface area contributed by atoms with E-state index in [1.54, 1.807) is 7.05 Å². The molecule has 0 spiro atoms. The molecule has 2 rings (SSSR count). The van der Waals surface area contributed by atoms with Crippen molar-refractivity contribution < 1.29 is 17.9 Å². The van der Waals surface area contributed by atoms with Crippen LogP contribution in [0.25, 0.3) is 11.4 Å². The highest BCUT2D eigenvalue weighted by Gasteiger charge is 2.33. The summed E-state index contributed by atoms with van der Waals surface area (Å²) in [6, 6.07) is 5.21. The maximum atomic E-state index is 12.9. The third-order valence-electron chi connectivity index (χ3n) is 2.72. The van der Waals surface area contributed by atoms with Crippen molar-refractivity contribution in [3.8, 4) is 17.1 Å². The van der Waals surface area contributed by atoms with Crippen molar-refractivity contribution in [2.75, 3.05) is 20.2 Å². The molecule has 1 heterocycles. The zero-order chi connectivity index (χ0) is 15.3. The quantitative estimate of drug-likeness (QED) is 0.862. The number of rotatable bonds is 5. The average molecular weight is 297 g/mol. The van der Waals surface area contributed by atoms with Crippen molar-refractivity contribution in [3.63, 3.8) is 0 Å². The van der Waals surface area contributed by atoms with Gasteiger partial charge in [-0.1, -0.05) is 18.2 Å². The Labute approximate surface area is 120 Å². The lowest BCUT2D eigenvalue weighted by Crippen LogP contribution is -2.16. The molecule has 0 aliphatic heterocycles. The van der Waals surface area contributed by atoms with Gasteiger partial charge in [-0.15, -0.1) is 0 Å². The molecule has 0 saturated carbocycles. The van der Waals surface area contributed by atoms with Gasteiger partial charge in [0.15, 0.2) is 11.6 Å². The predicted octanol–water partition coefficient (Wildman–Crippen LogP) is 2.76. The van der Waals surface area contributed by atoms with Gasteiger partial charge in [0.25, 0.3) is 0 Å². The van der Waals surface area contributed by atoms with Crippen LogP contribution in [0.3, 0.4) is 0 Å². The van der Waals surface area contributed by atoms with Crippen molar-refractivity contribution in [2.24, 2.45) is 0 Å². The predicted molar refractivity (Wildman–Crippen MR) is 71.9 cm³/mol.